The number of hydrogen-bond acceptors (Lipinski definition) is 12. The standard InChI is InChI=1S/C36H53N7O10/c1-20-14-27(45)33(51)24(41(20)5)17-37-30(48)8-11-36(40-23(4)44,12-9-31(49)38-18-25-34(52)28(46)15-21(2)42(25)6)13-10-32(50)39-19-26-35(53)29(47)16-22(3)43(26)7/h14-16,24-25H,8-13,17-19H2,1-7H3,(H9,37,38,39,40,44,45,46,48,49,50,51,52,53)/p+1. The molecule has 3 heterocycles. The van der Waals surface area contributed by atoms with Crippen molar-refractivity contribution >= 4 is 23.6 Å². The van der Waals surface area contributed by atoms with Crippen molar-refractivity contribution in [3.05, 3.63) is 64.0 Å². The summed E-state index contributed by atoms with van der Waals surface area (Å²) in [6, 6.07) is -0.0449. The number of likely N-dealkylation sites (N-methyl/N-ethyl adjacent to an activating group) is 2. The lowest BCUT2D eigenvalue weighted by Crippen LogP contribution is -2.50. The van der Waals surface area contributed by atoms with Crippen molar-refractivity contribution in [3.63, 3.8) is 0 Å². The number of aliphatic hydroxyl groups is 4. The average molecular weight is 745 g/mol. The van der Waals surface area contributed by atoms with Gasteiger partial charge in [0.25, 0.3) is 0 Å². The number of rotatable bonds is 16. The van der Waals surface area contributed by atoms with Gasteiger partial charge in [-0.05, 0) is 33.1 Å². The minimum atomic E-state index is -1.21. The van der Waals surface area contributed by atoms with E-state index in [-0.39, 0.29) is 98.4 Å². The van der Waals surface area contributed by atoms with Gasteiger partial charge in [-0.25, -0.2) is 0 Å². The van der Waals surface area contributed by atoms with Crippen molar-refractivity contribution in [3.8, 4) is 11.5 Å². The summed E-state index contributed by atoms with van der Waals surface area (Å²) in [7, 11) is 5.08. The number of pyridine rings is 1. The van der Waals surface area contributed by atoms with Crippen LogP contribution in [0.1, 0.15) is 70.7 Å². The molecule has 0 bridgehead atoms. The molecule has 0 aliphatic carbocycles. The van der Waals surface area contributed by atoms with Crippen LogP contribution >= 0.6 is 0 Å². The highest BCUT2D eigenvalue weighted by atomic mass is 16.3. The Balaban J connectivity index is 1.75. The lowest BCUT2D eigenvalue weighted by atomic mass is 9.83. The average Bonchev–Trinajstić information content (AvgIpc) is 3.09. The molecule has 1 aromatic heterocycles. The summed E-state index contributed by atoms with van der Waals surface area (Å²) in [5, 5.41) is 72.5. The van der Waals surface area contributed by atoms with Crippen LogP contribution < -0.4 is 25.8 Å². The first-order valence-corrected chi connectivity index (χ1v) is 17.3. The monoisotopic (exact) mass is 744 g/mol. The molecular weight excluding hydrogens is 690 g/mol. The van der Waals surface area contributed by atoms with Crippen LogP contribution in [-0.4, -0.2) is 109 Å². The zero-order valence-electron chi connectivity index (χ0n) is 31.4. The summed E-state index contributed by atoms with van der Waals surface area (Å²) in [4.78, 5) is 55.4. The number of hydrogen-bond donors (Lipinski definition) is 10. The Labute approximate surface area is 309 Å². The second-order valence-corrected chi connectivity index (χ2v) is 13.7. The van der Waals surface area contributed by atoms with E-state index in [1.807, 2.05) is 0 Å². The Morgan fingerprint density at radius 3 is 1.57 bits per heavy atom. The summed E-state index contributed by atoms with van der Waals surface area (Å²) >= 11 is 0. The number of aryl methyl sites for hydroxylation is 1. The van der Waals surface area contributed by atoms with Gasteiger partial charge in [-0.2, -0.15) is 4.57 Å². The van der Waals surface area contributed by atoms with E-state index < -0.39 is 41.3 Å². The zero-order valence-corrected chi connectivity index (χ0v) is 31.4. The number of aromatic hydroxyl groups is 2. The fourth-order valence-corrected chi connectivity index (χ4v) is 6.36. The summed E-state index contributed by atoms with van der Waals surface area (Å²) < 4.78 is 1.62. The van der Waals surface area contributed by atoms with Gasteiger partial charge in [0.1, 0.15) is 25.7 Å². The predicted octanol–water partition coefficient (Wildman–Crippen LogP) is 1.39. The van der Waals surface area contributed by atoms with E-state index in [4.69, 9.17) is 0 Å². The molecule has 0 aromatic carbocycles. The topological polar surface area (TPSA) is 248 Å². The highest BCUT2D eigenvalue weighted by molar-refractivity contribution is 5.79. The molecule has 2 aliphatic rings. The SMILES string of the molecule is CC(=O)NC(CCC(=O)NCc1c(O)c(O)cc(C)[n+]1C)(CCC(=O)NCC1C(O)=C(O)C=C(C)N1C)CCC(=O)NCC1C(O)=C(O)C=C(C)N1C. The molecule has 2 unspecified atom stereocenters. The maximum absolute atomic E-state index is 13.2. The minimum absolute atomic E-state index is 0.0235. The molecule has 1 aromatic rings. The first-order chi connectivity index (χ1) is 24.8. The summed E-state index contributed by atoms with van der Waals surface area (Å²) in [5.74, 6) is -3.67. The Kier molecular flexibility index (Phi) is 14.0. The normalized spacial score (nSPS) is 18.5. The third-order valence-electron chi connectivity index (χ3n) is 10.1. The molecule has 0 saturated heterocycles. The van der Waals surface area contributed by atoms with Crippen molar-refractivity contribution < 1.29 is 54.4 Å². The fraction of sp³-hybridized carbons (Fsp3) is 0.528. The number of amides is 4. The maximum atomic E-state index is 13.2. The van der Waals surface area contributed by atoms with Gasteiger partial charge in [0, 0.05) is 89.4 Å². The zero-order chi connectivity index (χ0) is 39.8. The van der Waals surface area contributed by atoms with Crippen molar-refractivity contribution in [1.82, 2.24) is 31.1 Å². The van der Waals surface area contributed by atoms with E-state index in [9.17, 15) is 49.8 Å². The van der Waals surface area contributed by atoms with E-state index in [1.165, 1.54) is 25.1 Å². The van der Waals surface area contributed by atoms with Crippen molar-refractivity contribution in [2.45, 2.75) is 90.4 Å². The molecule has 0 fully saturated rings. The van der Waals surface area contributed by atoms with E-state index in [2.05, 4.69) is 21.3 Å². The van der Waals surface area contributed by atoms with Gasteiger partial charge in [-0.1, -0.05) is 0 Å². The highest BCUT2D eigenvalue weighted by Crippen LogP contribution is 2.29. The van der Waals surface area contributed by atoms with Crippen LogP contribution in [-0.2, 0) is 32.8 Å². The summed E-state index contributed by atoms with van der Waals surface area (Å²) in [6.07, 6.45) is 2.49. The van der Waals surface area contributed by atoms with E-state index >= 15 is 0 Å². The molecule has 0 radical (unpaired) electrons. The molecule has 0 saturated carbocycles. The van der Waals surface area contributed by atoms with Gasteiger partial charge in [-0.15, -0.1) is 0 Å². The third kappa shape index (κ3) is 10.7. The highest BCUT2D eigenvalue weighted by Gasteiger charge is 2.34. The van der Waals surface area contributed by atoms with Gasteiger partial charge in [0.15, 0.2) is 34.5 Å². The van der Waals surface area contributed by atoms with Gasteiger partial charge < -0.3 is 61.7 Å². The number of nitrogens with one attached hydrogen (secondary N) is 4. The van der Waals surface area contributed by atoms with Crippen molar-refractivity contribution in [2.24, 2.45) is 7.05 Å². The van der Waals surface area contributed by atoms with Crippen LogP contribution in [0.25, 0.3) is 0 Å². The molecule has 10 N–H and O–H groups in total. The second kappa shape index (κ2) is 17.7. The lowest BCUT2D eigenvalue weighted by molar-refractivity contribution is -0.685. The number of allylic oxidation sites excluding steroid dienone is 4. The van der Waals surface area contributed by atoms with Gasteiger partial charge in [0.2, 0.25) is 35.1 Å². The largest absolute Gasteiger partial charge is 0.506 e. The third-order valence-corrected chi connectivity index (χ3v) is 10.1. The minimum Gasteiger partial charge on any atom is -0.506 e. The van der Waals surface area contributed by atoms with Crippen LogP contribution in [0.5, 0.6) is 11.5 Å². The smallest absolute Gasteiger partial charge is 0.246 e. The number of aliphatic hydroxyl groups excluding tert-OH is 4. The van der Waals surface area contributed by atoms with Crippen LogP contribution in [0.2, 0.25) is 0 Å². The molecule has 2 atom stereocenters. The molecule has 3 rings (SSSR count). The molecule has 53 heavy (non-hydrogen) atoms. The summed E-state index contributed by atoms with van der Waals surface area (Å²) in [5.41, 5.74) is 1.04. The van der Waals surface area contributed by atoms with E-state index in [1.54, 1.807) is 56.3 Å². The summed E-state index contributed by atoms with van der Waals surface area (Å²) in [6.45, 7) is 6.32. The number of carbonyl (C=O) groups is 4. The fourth-order valence-electron chi connectivity index (χ4n) is 6.36. The molecule has 2 aliphatic heterocycles. The Morgan fingerprint density at radius 2 is 1.15 bits per heavy atom. The first-order valence-electron chi connectivity index (χ1n) is 17.3. The van der Waals surface area contributed by atoms with Gasteiger partial charge >= 0.3 is 0 Å². The van der Waals surface area contributed by atoms with Crippen LogP contribution in [0.15, 0.2) is 52.6 Å². The van der Waals surface area contributed by atoms with Crippen LogP contribution in [0.3, 0.4) is 0 Å². The first kappa shape index (κ1) is 41.8. The maximum Gasteiger partial charge on any atom is 0.246 e. The number of aromatic nitrogens is 1. The van der Waals surface area contributed by atoms with Crippen LogP contribution in [0, 0.1) is 6.92 Å². The number of carbonyl (C=O) groups excluding carboxylic acids is 4. The molecule has 292 valence electrons. The molecule has 17 heteroatoms. The number of nitrogens with zero attached hydrogens (tertiary/aromatic N) is 3. The predicted molar refractivity (Wildman–Crippen MR) is 193 cm³/mol. The Hall–Kier alpha value is -5.61. The Bertz CT molecular complexity index is 1620. The van der Waals surface area contributed by atoms with E-state index in [0.29, 0.717) is 17.1 Å². The van der Waals surface area contributed by atoms with Gasteiger partial charge in [0.05, 0.1) is 6.07 Å². The van der Waals surface area contributed by atoms with Gasteiger partial charge in [-0.3, -0.25) is 19.2 Å². The quantitative estimate of drug-likeness (QED) is 0.108. The Morgan fingerprint density at radius 1 is 0.736 bits per heavy atom. The lowest BCUT2D eigenvalue weighted by Gasteiger charge is -2.36. The van der Waals surface area contributed by atoms with E-state index in [0.717, 1.165) is 0 Å². The molecule has 4 amide bonds. The molecule has 0 spiro atoms. The molecule has 17 nitrogen and oxygen atoms in total. The second-order valence-electron chi connectivity index (χ2n) is 13.7. The molecular formula is C36H54N7O10+. The van der Waals surface area contributed by atoms with Crippen LogP contribution in [0.4, 0.5) is 0 Å². The van der Waals surface area contributed by atoms with Crippen molar-refractivity contribution in [2.75, 3.05) is 27.2 Å². The van der Waals surface area contributed by atoms with Crippen molar-refractivity contribution in [1.29, 1.82) is 0 Å².